The van der Waals surface area contributed by atoms with Crippen molar-refractivity contribution < 1.29 is 9.13 Å². The molecule has 0 aliphatic carbocycles. The quantitative estimate of drug-likeness (QED) is 0.905. The molecule has 0 saturated carbocycles. The molecule has 1 N–H and O–H groups in total. The highest BCUT2D eigenvalue weighted by atomic mass is 35.5. The van der Waals surface area contributed by atoms with Crippen LogP contribution in [0.25, 0.3) is 0 Å². The summed E-state index contributed by atoms with van der Waals surface area (Å²) in [7, 11) is 0. The lowest BCUT2D eigenvalue weighted by Crippen LogP contribution is -2.12. The predicted octanol–water partition coefficient (Wildman–Crippen LogP) is 3.78. The molecule has 0 unspecified atom stereocenters. The van der Waals surface area contributed by atoms with E-state index in [9.17, 15) is 4.39 Å². The summed E-state index contributed by atoms with van der Waals surface area (Å²) in [6.45, 7) is 3.54. The number of aromatic nitrogens is 1. The van der Waals surface area contributed by atoms with Crippen LogP contribution in [-0.2, 0) is 6.54 Å². The Kier molecular flexibility index (Phi) is 4.71. The van der Waals surface area contributed by atoms with E-state index in [2.05, 4.69) is 10.3 Å². The van der Waals surface area contributed by atoms with E-state index in [1.807, 2.05) is 19.1 Å². The fourth-order valence-electron chi connectivity index (χ4n) is 1.56. The van der Waals surface area contributed by atoms with E-state index in [4.69, 9.17) is 16.3 Å². The Morgan fingerprint density at radius 1 is 1.37 bits per heavy atom. The van der Waals surface area contributed by atoms with E-state index in [-0.39, 0.29) is 5.02 Å². The lowest BCUT2D eigenvalue weighted by atomic mass is 10.2. The van der Waals surface area contributed by atoms with Crippen LogP contribution in [0.15, 0.2) is 36.5 Å². The second-order valence-electron chi connectivity index (χ2n) is 3.93. The van der Waals surface area contributed by atoms with Gasteiger partial charge in [-0.05, 0) is 24.7 Å². The molecule has 0 spiro atoms. The lowest BCUT2D eigenvalue weighted by Gasteiger charge is -2.10. The highest BCUT2D eigenvalue weighted by Crippen LogP contribution is 2.26. The first kappa shape index (κ1) is 13.8. The fourth-order valence-corrected chi connectivity index (χ4v) is 1.73. The molecule has 0 aliphatic heterocycles. The van der Waals surface area contributed by atoms with Crippen LogP contribution in [0.4, 0.5) is 4.39 Å². The van der Waals surface area contributed by atoms with Gasteiger partial charge in [0, 0.05) is 24.4 Å². The number of pyridine rings is 1. The van der Waals surface area contributed by atoms with E-state index in [0.717, 1.165) is 12.1 Å². The minimum absolute atomic E-state index is 0.0293. The minimum atomic E-state index is -0.470. The zero-order valence-corrected chi connectivity index (χ0v) is 11.2. The second-order valence-corrected chi connectivity index (χ2v) is 4.33. The van der Waals surface area contributed by atoms with Crippen LogP contribution in [0.2, 0.25) is 5.02 Å². The Balaban J connectivity index is 2.20. The van der Waals surface area contributed by atoms with Crippen molar-refractivity contribution in [2.45, 2.75) is 13.5 Å². The van der Waals surface area contributed by atoms with E-state index in [0.29, 0.717) is 18.2 Å². The van der Waals surface area contributed by atoms with E-state index >= 15 is 0 Å². The van der Waals surface area contributed by atoms with Crippen molar-refractivity contribution in [2.24, 2.45) is 0 Å². The number of hydrogen-bond donors (Lipinski definition) is 1. The molecule has 0 bridgehead atoms. The molecule has 1 heterocycles. The number of nitrogens with zero attached hydrogens (tertiary/aromatic N) is 1. The molecule has 1 aromatic carbocycles. The zero-order chi connectivity index (χ0) is 13.7. The van der Waals surface area contributed by atoms with Crippen molar-refractivity contribution in [3.63, 3.8) is 0 Å². The summed E-state index contributed by atoms with van der Waals surface area (Å²) in [5.74, 6) is 0.483. The van der Waals surface area contributed by atoms with Gasteiger partial charge in [0.05, 0.1) is 5.02 Å². The predicted molar refractivity (Wildman–Crippen MR) is 73.1 cm³/mol. The number of rotatable bonds is 5. The molecular weight excluding hydrogens is 267 g/mol. The standard InChI is InChI=1S/C14H14ClFN2O/c1-2-17-9-10-4-3-7-18-14(10)19-11-5-6-13(16)12(15)8-11/h3-8,17H,2,9H2,1H3. The van der Waals surface area contributed by atoms with Gasteiger partial charge in [-0.2, -0.15) is 0 Å². The maximum Gasteiger partial charge on any atom is 0.223 e. The number of ether oxygens (including phenoxy) is 1. The third-order valence-electron chi connectivity index (χ3n) is 2.52. The van der Waals surface area contributed by atoms with Crippen molar-refractivity contribution in [3.05, 3.63) is 52.9 Å². The zero-order valence-electron chi connectivity index (χ0n) is 10.5. The van der Waals surface area contributed by atoms with Gasteiger partial charge in [0.1, 0.15) is 11.6 Å². The fraction of sp³-hybridized carbons (Fsp3) is 0.214. The van der Waals surface area contributed by atoms with Crippen molar-refractivity contribution in [3.8, 4) is 11.6 Å². The highest BCUT2D eigenvalue weighted by molar-refractivity contribution is 6.30. The Hall–Kier alpha value is -1.65. The van der Waals surface area contributed by atoms with Crippen LogP contribution in [-0.4, -0.2) is 11.5 Å². The van der Waals surface area contributed by atoms with Crippen molar-refractivity contribution >= 4 is 11.6 Å². The van der Waals surface area contributed by atoms with Gasteiger partial charge < -0.3 is 10.1 Å². The maximum atomic E-state index is 13.1. The highest BCUT2D eigenvalue weighted by Gasteiger charge is 2.07. The summed E-state index contributed by atoms with van der Waals surface area (Å²) in [4.78, 5) is 4.18. The van der Waals surface area contributed by atoms with E-state index in [1.54, 1.807) is 6.20 Å². The van der Waals surface area contributed by atoms with E-state index in [1.165, 1.54) is 18.2 Å². The second kappa shape index (κ2) is 6.50. The molecule has 19 heavy (non-hydrogen) atoms. The number of hydrogen-bond acceptors (Lipinski definition) is 3. The summed E-state index contributed by atoms with van der Waals surface area (Å²) >= 11 is 5.72. The third-order valence-corrected chi connectivity index (χ3v) is 2.81. The molecule has 1 aromatic heterocycles. The van der Waals surface area contributed by atoms with Gasteiger partial charge in [-0.3, -0.25) is 0 Å². The molecule has 0 atom stereocenters. The first-order valence-corrected chi connectivity index (χ1v) is 6.36. The Bertz CT molecular complexity index is 563. The first-order valence-electron chi connectivity index (χ1n) is 5.98. The Morgan fingerprint density at radius 3 is 2.95 bits per heavy atom. The molecule has 2 rings (SSSR count). The van der Waals surface area contributed by atoms with Crippen LogP contribution in [0, 0.1) is 5.82 Å². The first-order chi connectivity index (χ1) is 9.20. The SMILES string of the molecule is CCNCc1cccnc1Oc1ccc(F)c(Cl)c1. The van der Waals surface area contributed by atoms with Gasteiger partial charge in [-0.15, -0.1) is 0 Å². The molecule has 0 radical (unpaired) electrons. The summed E-state index contributed by atoms with van der Waals surface area (Å²) in [6, 6.07) is 7.99. The maximum absolute atomic E-state index is 13.1. The molecule has 5 heteroatoms. The van der Waals surface area contributed by atoms with Crippen molar-refractivity contribution in [2.75, 3.05) is 6.54 Å². The Morgan fingerprint density at radius 2 is 2.21 bits per heavy atom. The molecule has 0 fully saturated rings. The summed E-state index contributed by atoms with van der Waals surface area (Å²) in [6.07, 6.45) is 1.65. The molecular formula is C14H14ClFN2O. The van der Waals surface area contributed by atoms with Gasteiger partial charge in [-0.25, -0.2) is 9.37 Å². The molecule has 100 valence electrons. The van der Waals surface area contributed by atoms with Crippen LogP contribution < -0.4 is 10.1 Å². The molecule has 3 nitrogen and oxygen atoms in total. The largest absolute Gasteiger partial charge is 0.439 e. The van der Waals surface area contributed by atoms with Gasteiger partial charge in [0.2, 0.25) is 5.88 Å². The normalized spacial score (nSPS) is 10.5. The monoisotopic (exact) mass is 280 g/mol. The number of nitrogens with one attached hydrogen (secondary N) is 1. The van der Waals surface area contributed by atoms with Gasteiger partial charge in [0.15, 0.2) is 0 Å². The van der Waals surface area contributed by atoms with Crippen molar-refractivity contribution in [1.29, 1.82) is 0 Å². The van der Waals surface area contributed by atoms with Crippen LogP contribution >= 0.6 is 11.6 Å². The van der Waals surface area contributed by atoms with Crippen LogP contribution in [0.1, 0.15) is 12.5 Å². The summed E-state index contributed by atoms with van der Waals surface area (Å²) in [5.41, 5.74) is 0.935. The van der Waals surface area contributed by atoms with Gasteiger partial charge in [0.25, 0.3) is 0 Å². The summed E-state index contributed by atoms with van der Waals surface area (Å²) < 4.78 is 18.7. The van der Waals surface area contributed by atoms with Crippen molar-refractivity contribution in [1.82, 2.24) is 10.3 Å². The topological polar surface area (TPSA) is 34.2 Å². The minimum Gasteiger partial charge on any atom is -0.439 e. The van der Waals surface area contributed by atoms with Crippen LogP contribution in [0.5, 0.6) is 11.6 Å². The lowest BCUT2D eigenvalue weighted by molar-refractivity contribution is 0.452. The molecule has 2 aromatic rings. The average molecular weight is 281 g/mol. The molecule has 0 saturated heterocycles. The molecule has 0 amide bonds. The van der Waals surface area contributed by atoms with E-state index < -0.39 is 5.82 Å². The number of benzene rings is 1. The van der Waals surface area contributed by atoms with Gasteiger partial charge in [-0.1, -0.05) is 24.6 Å². The smallest absolute Gasteiger partial charge is 0.223 e. The van der Waals surface area contributed by atoms with Gasteiger partial charge >= 0.3 is 0 Å². The summed E-state index contributed by atoms with van der Waals surface area (Å²) in [5, 5.41) is 3.23. The average Bonchev–Trinajstić information content (AvgIpc) is 2.42. The number of halogens is 2. The third kappa shape index (κ3) is 3.66. The van der Waals surface area contributed by atoms with Crippen LogP contribution in [0.3, 0.4) is 0 Å². The Labute approximate surface area is 116 Å². The molecule has 0 aliphatic rings.